The Morgan fingerprint density at radius 3 is 2.68 bits per heavy atom. The molecule has 2 bridgehead atoms. The Labute approximate surface area is 130 Å². The van der Waals surface area contributed by atoms with E-state index in [-0.39, 0.29) is 5.57 Å². The molecule has 2 fully saturated rings. The Hall–Kier alpha value is -1.29. The van der Waals surface area contributed by atoms with E-state index in [0.717, 1.165) is 0 Å². The SMILES string of the molecule is C=C(C)C(=O)OCC(=O)OC1CC2OC1(C)CC2OS(=O)O. The fourth-order valence-electron chi connectivity index (χ4n) is 2.68. The first-order valence-corrected chi connectivity index (χ1v) is 7.72. The lowest BCUT2D eigenvalue weighted by Gasteiger charge is -2.30. The summed E-state index contributed by atoms with van der Waals surface area (Å²) in [6.45, 7) is 6.13. The van der Waals surface area contributed by atoms with Gasteiger partial charge in [0, 0.05) is 18.4 Å². The van der Waals surface area contributed by atoms with E-state index in [4.69, 9.17) is 22.9 Å². The summed E-state index contributed by atoms with van der Waals surface area (Å²) in [6.07, 6.45) is -0.726. The first kappa shape index (κ1) is 17.1. The van der Waals surface area contributed by atoms with Crippen molar-refractivity contribution in [3.8, 4) is 0 Å². The number of fused-ring (bicyclic) bond motifs is 2. The molecule has 2 heterocycles. The predicted octanol–water partition coefficient (Wildman–Crippen LogP) is 0.491. The Kier molecular flexibility index (Phi) is 5.00. The predicted molar refractivity (Wildman–Crippen MR) is 73.8 cm³/mol. The highest BCUT2D eigenvalue weighted by molar-refractivity contribution is 7.74. The molecule has 124 valence electrons. The minimum atomic E-state index is -2.36. The van der Waals surface area contributed by atoms with Gasteiger partial charge in [0.2, 0.25) is 0 Å². The van der Waals surface area contributed by atoms with Crippen molar-refractivity contribution >= 4 is 23.3 Å². The maximum Gasteiger partial charge on any atom is 0.344 e. The van der Waals surface area contributed by atoms with Crippen LogP contribution in [0.4, 0.5) is 0 Å². The minimum Gasteiger partial charge on any atom is -0.457 e. The third-order valence-electron chi connectivity index (χ3n) is 3.72. The van der Waals surface area contributed by atoms with E-state index in [1.807, 2.05) is 0 Å². The van der Waals surface area contributed by atoms with Crippen LogP contribution in [0.5, 0.6) is 0 Å². The Bertz CT molecular complexity index is 518. The minimum absolute atomic E-state index is 0.194. The van der Waals surface area contributed by atoms with Crippen molar-refractivity contribution in [2.75, 3.05) is 6.61 Å². The molecule has 0 saturated carbocycles. The van der Waals surface area contributed by atoms with Gasteiger partial charge in [0.15, 0.2) is 6.61 Å². The molecule has 9 heteroatoms. The highest BCUT2D eigenvalue weighted by Gasteiger charge is 2.58. The smallest absolute Gasteiger partial charge is 0.344 e. The summed E-state index contributed by atoms with van der Waals surface area (Å²) < 4.78 is 40.0. The second kappa shape index (κ2) is 6.45. The Morgan fingerprint density at radius 2 is 2.18 bits per heavy atom. The van der Waals surface area contributed by atoms with Gasteiger partial charge in [-0.05, 0) is 13.8 Å². The molecule has 2 saturated heterocycles. The zero-order valence-corrected chi connectivity index (χ0v) is 13.1. The van der Waals surface area contributed by atoms with Crippen LogP contribution in [0, 0.1) is 0 Å². The van der Waals surface area contributed by atoms with E-state index in [1.54, 1.807) is 6.92 Å². The maximum atomic E-state index is 11.7. The largest absolute Gasteiger partial charge is 0.457 e. The highest BCUT2D eigenvalue weighted by atomic mass is 32.2. The van der Waals surface area contributed by atoms with Crippen LogP contribution in [0.1, 0.15) is 26.7 Å². The fourth-order valence-corrected chi connectivity index (χ4v) is 3.09. The van der Waals surface area contributed by atoms with Gasteiger partial charge < -0.3 is 14.2 Å². The topological polar surface area (TPSA) is 108 Å². The van der Waals surface area contributed by atoms with Crippen LogP contribution in [-0.2, 0) is 39.3 Å². The normalized spacial score (nSPS) is 34.2. The molecule has 5 unspecified atom stereocenters. The molecule has 2 aliphatic rings. The van der Waals surface area contributed by atoms with E-state index in [0.29, 0.717) is 12.8 Å². The van der Waals surface area contributed by atoms with Crippen molar-refractivity contribution in [3.63, 3.8) is 0 Å². The van der Waals surface area contributed by atoms with Gasteiger partial charge in [-0.15, -0.1) is 0 Å². The first-order chi connectivity index (χ1) is 10.2. The summed E-state index contributed by atoms with van der Waals surface area (Å²) in [6, 6.07) is 0. The summed E-state index contributed by atoms with van der Waals surface area (Å²) in [7, 11) is 0. The van der Waals surface area contributed by atoms with Gasteiger partial charge in [0.1, 0.15) is 17.8 Å². The van der Waals surface area contributed by atoms with Crippen LogP contribution in [-0.4, -0.2) is 51.2 Å². The molecule has 0 aromatic carbocycles. The van der Waals surface area contributed by atoms with Crippen LogP contribution >= 0.6 is 0 Å². The standard InChI is InChI=1S/C13H18O8S/c1-7(2)12(15)18-6-11(14)19-10-4-8-9(21-22(16)17)5-13(10,3)20-8/h8-10H,1,4-6H2,2-3H3,(H,16,17). The van der Waals surface area contributed by atoms with E-state index < -0.39 is 53.8 Å². The van der Waals surface area contributed by atoms with Crippen LogP contribution in [0.15, 0.2) is 12.2 Å². The van der Waals surface area contributed by atoms with Crippen molar-refractivity contribution in [3.05, 3.63) is 12.2 Å². The summed E-state index contributed by atoms with van der Waals surface area (Å²) in [5.74, 6) is -1.34. The Balaban J connectivity index is 1.84. The van der Waals surface area contributed by atoms with Gasteiger partial charge >= 0.3 is 23.3 Å². The summed E-state index contributed by atoms with van der Waals surface area (Å²) >= 11 is -2.36. The van der Waals surface area contributed by atoms with Crippen molar-refractivity contribution in [1.29, 1.82) is 0 Å². The van der Waals surface area contributed by atoms with Crippen molar-refractivity contribution < 1.29 is 36.7 Å². The van der Waals surface area contributed by atoms with Crippen LogP contribution in [0.25, 0.3) is 0 Å². The van der Waals surface area contributed by atoms with Crippen molar-refractivity contribution in [2.45, 2.75) is 50.6 Å². The molecule has 0 spiro atoms. The van der Waals surface area contributed by atoms with Gasteiger partial charge in [0.05, 0.1) is 6.10 Å². The second-order valence-corrected chi connectivity index (χ2v) is 6.22. The van der Waals surface area contributed by atoms with E-state index in [1.165, 1.54) is 6.92 Å². The van der Waals surface area contributed by atoms with Gasteiger partial charge in [-0.1, -0.05) is 6.58 Å². The number of rotatable bonds is 6. The third kappa shape index (κ3) is 3.72. The molecular formula is C13H18O8S. The monoisotopic (exact) mass is 334 g/mol. The zero-order valence-electron chi connectivity index (χ0n) is 12.3. The van der Waals surface area contributed by atoms with Crippen LogP contribution < -0.4 is 0 Å². The van der Waals surface area contributed by atoms with Crippen molar-refractivity contribution in [2.24, 2.45) is 0 Å². The molecule has 0 amide bonds. The molecule has 5 atom stereocenters. The summed E-state index contributed by atoms with van der Waals surface area (Å²) in [5, 5.41) is 0. The van der Waals surface area contributed by atoms with E-state index in [2.05, 4.69) is 6.58 Å². The molecule has 1 N–H and O–H groups in total. The number of hydrogen-bond acceptors (Lipinski definition) is 7. The molecule has 2 rings (SSSR count). The molecule has 0 radical (unpaired) electrons. The van der Waals surface area contributed by atoms with E-state index >= 15 is 0 Å². The molecule has 8 nitrogen and oxygen atoms in total. The number of esters is 2. The third-order valence-corrected chi connectivity index (χ3v) is 4.13. The number of ether oxygens (including phenoxy) is 3. The van der Waals surface area contributed by atoms with E-state index in [9.17, 15) is 13.8 Å². The van der Waals surface area contributed by atoms with Gasteiger partial charge in [-0.3, -0.25) is 8.74 Å². The first-order valence-electron chi connectivity index (χ1n) is 6.69. The lowest BCUT2D eigenvalue weighted by atomic mass is 9.85. The highest BCUT2D eigenvalue weighted by Crippen LogP contribution is 2.46. The van der Waals surface area contributed by atoms with Crippen LogP contribution in [0.3, 0.4) is 0 Å². The second-order valence-electron chi connectivity index (χ2n) is 5.60. The summed E-state index contributed by atoms with van der Waals surface area (Å²) in [4.78, 5) is 22.9. The molecular weight excluding hydrogens is 316 g/mol. The van der Waals surface area contributed by atoms with Gasteiger partial charge in [-0.25, -0.2) is 9.59 Å². The lowest BCUT2D eigenvalue weighted by molar-refractivity contribution is -0.166. The number of carbonyl (C=O) groups is 2. The zero-order chi connectivity index (χ0) is 16.5. The molecule has 2 aliphatic heterocycles. The molecule has 0 aliphatic carbocycles. The summed E-state index contributed by atoms with van der Waals surface area (Å²) in [5.41, 5.74) is -0.581. The molecule has 0 aromatic rings. The fraction of sp³-hybridized carbons (Fsp3) is 0.692. The number of hydrogen-bond donors (Lipinski definition) is 1. The molecule has 0 aromatic heterocycles. The number of carbonyl (C=O) groups excluding carboxylic acids is 2. The van der Waals surface area contributed by atoms with Crippen LogP contribution in [0.2, 0.25) is 0 Å². The van der Waals surface area contributed by atoms with Crippen molar-refractivity contribution in [1.82, 2.24) is 0 Å². The lowest BCUT2D eigenvalue weighted by Crippen LogP contribution is -2.43. The van der Waals surface area contributed by atoms with Gasteiger partial charge in [0.25, 0.3) is 0 Å². The molecule has 22 heavy (non-hydrogen) atoms. The van der Waals surface area contributed by atoms with Gasteiger partial charge in [-0.2, -0.15) is 4.21 Å². The average Bonchev–Trinajstić information content (AvgIpc) is 2.87. The Morgan fingerprint density at radius 1 is 1.50 bits per heavy atom. The average molecular weight is 334 g/mol. The quantitative estimate of drug-likeness (QED) is 0.425. The maximum absolute atomic E-state index is 11.7.